The largest absolute Gasteiger partial charge is 0.453 e. The molecule has 0 radical (unpaired) electrons. The van der Waals surface area contributed by atoms with Crippen molar-refractivity contribution >= 4 is 23.9 Å². The van der Waals surface area contributed by atoms with Gasteiger partial charge in [-0.05, 0) is 72.6 Å². The summed E-state index contributed by atoms with van der Waals surface area (Å²) in [5.74, 6) is 7.42. The number of hydrogen-bond acceptors (Lipinski definition) is 9. The van der Waals surface area contributed by atoms with Gasteiger partial charge in [0.25, 0.3) is 0 Å². The van der Waals surface area contributed by atoms with Crippen LogP contribution < -0.4 is 16.0 Å². The van der Waals surface area contributed by atoms with Crippen molar-refractivity contribution in [2.24, 2.45) is 5.92 Å². The molecule has 0 bridgehead atoms. The van der Waals surface area contributed by atoms with Crippen molar-refractivity contribution in [1.82, 2.24) is 45.7 Å². The lowest BCUT2D eigenvalue weighted by Crippen LogP contribution is -2.51. The fourth-order valence-electron chi connectivity index (χ4n) is 7.54. The summed E-state index contributed by atoms with van der Waals surface area (Å²) in [5.41, 5.74) is 6.00. The monoisotopic (exact) mass is 871 g/mol. The van der Waals surface area contributed by atoms with Gasteiger partial charge in [0.1, 0.15) is 23.7 Å². The van der Waals surface area contributed by atoms with Crippen molar-refractivity contribution in [2.75, 3.05) is 46.5 Å². The molecule has 3 heterocycles. The van der Waals surface area contributed by atoms with Crippen LogP contribution in [0.1, 0.15) is 80.0 Å². The van der Waals surface area contributed by atoms with E-state index < -0.39 is 24.2 Å². The number of imidazole rings is 2. The zero-order valence-corrected chi connectivity index (χ0v) is 36.5. The lowest BCUT2D eigenvalue weighted by atomic mass is 10.0. The average molecular weight is 872 g/mol. The molecule has 1 saturated heterocycles. The van der Waals surface area contributed by atoms with Crippen LogP contribution in [-0.4, -0.2) is 116 Å². The number of hydrogen-bond donors (Lipinski definition) is 7. The molecule has 64 heavy (non-hydrogen) atoms. The molecular formula is C48H57N9O7. The topological polar surface area (TPSA) is 218 Å². The molecule has 5 aromatic rings. The highest BCUT2D eigenvalue weighted by atomic mass is 16.5. The number of urea groups is 1. The number of aromatic nitrogens is 4. The van der Waals surface area contributed by atoms with Gasteiger partial charge < -0.3 is 50.7 Å². The van der Waals surface area contributed by atoms with Gasteiger partial charge in [-0.1, -0.05) is 80.3 Å². The number of nitrogens with one attached hydrogen (secondary N) is 5. The number of aliphatic hydroxyl groups excluding tert-OH is 2. The Kier molecular flexibility index (Phi) is 16.7. The fourth-order valence-corrected chi connectivity index (χ4v) is 7.54. The minimum Gasteiger partial charge on any atom is -0.453 e. The van der Waals surface area contributed by atoms with Gasteiger partial charge in [0.05, 0.1) is 50.1 Å². The Morgan fingerprint density at radius 3 is 2.08 bits per heavy atom. The number of aryl methyl sites for hydroxylation is 1. The highest BCUT2D eigenvalue weighted by Gasteiger charge is 2.37. The van der Waals surface area contributed by atoms with Crippen LogP contribution in [0.4, 0.5) is 9.59 Å². The van der Waals surface area contributed by atoms with E-state index in [1.165, 1.54) is 12.0 Å². The van der Waals surface area contributed by atoms with Crippen molar-refractivity contribution in [2.45, 2.75) is 64.1 Å². The van der Waals surface area contributed by atoms with Crippen molar-refractivity contribution in [3.8, 4) is 34.4 Å². The number of unbranched alkanes of at least 4 members (excludes halogenated alkanes) is 1. The maximum atomic E-state index is 13.5. The number of likely N-dealkylation sites (tertiary alicyclic amines) is 1. The molecule has 0 saturated carbocycles. The number of aliphatic hydroxyl groups is 2. The molecule has 3 aromatic carbocycles. The Hall–Kier alpha value is -6.96. The first kappa shape index (κ1) is 46.5. The van der Waals surface area contributed by atoms with E-state index in [0.717, 1.165) is 58.7 Å². The Labute approximate surface area is 373 Å². The Bertz CT molecular complexity index is 2360. The van der Waals surface area contributed by atoms with Crippen LogP contribution in [0, 0.1) is 17.8 Å². The van der Waals surface area contributed by atoms with Gasteiger partial charge in [-0.25, -0.2) is 19.6 Å². The van der Waals surface area contributed by atoms with Crippen LogP contribution in [-0.2, 0) is 20.7 Å². The smallest absolute Gasteiger partial charge is 0.407 e. The van der Waals surface area contributed by atoms with Crippen LogP contribution in [0.2, 0.25) is 0 Å². The SMILES string of the molecule is COC(=O)NC(C(=O)N1CCCC1c1ncc(-c2ccc(C#Cc3ccc(-c4cnc(CCCCNC(=O)C(NC(=O)N(CCO)CCO)c5ccccc5)[nH]4)cc3)cc2)[nH]1)C(C)C. The van der Waals surface area contributed by atoms with Gasteiger partial charge in [-0.15, -0.1) is 0 Å². The third kappa shape index (κ3) is 12.4. The highest BCUT2D eigenvalue weighted by Crippen LogP contribution is 2.33. The van der Waals surface area contributed by atoms with Crippen molar-refractivity contribution in [3.05, 3.63) is 120 Å². The van der Waals surface area contributed by atoms with Crippen LogP contribution >= 0.6 is 0 Å². The van der Waals surface area contributed by atoms with Crippen molar-refractivity contribution in [1.29, 1.82) is 0 Å². The molecule has 1 fully saturated rings. The first-order valence-corrected chi connectivity index (χ1v) is 21.6. The number of aromatic amines is 2. The number of carbonyl (C=O) groups excluding carboxylic acids is 4. The van der Waals surface area contributed by atoms with E-state index in [-0.39, 0.29) is 50.1 Å². The molecule has 16 nitrogen and oxygen atoms in total. The summed E-state index contributed by atoms with van der Waals surface area (Å²) in [4.78, 5) is 70.6. The molecule has 2 aromatic heterocycles. The minimum atomic E-state index is -0.936. The van der Waals surface area contributed by atoms with Gasteiger partial charge in [-0.2, -0.15) is 0 Å². The molecule has 16 heteroatoms. The predicted octanol–water partition coefficient (Wildman–Crippen LogP) is 5.09. The Balaban J connectivity index is 0.971. The van der Waals surface area contributed by atoms with Crippen LogP contribution in [0.25, 0.3) is 22.5 Å². The molecule has 6 rings (SSSR count). The summed E-state index contributed by atoms with van der Waals surface area (Å²) in [5, 5.41) is 27.0. The molecular weight excluding hydrogens is 815 g/mol. The molecule has 1 aliphatic rings. The predicted molar refractivity (Wildman–Crippen MR) is 241 cm³/mol. The van der Waals surface area contributed by atoms with Crippen molar-refractivity contribution < 1.29 is 34.1 Å². The van der Waals surface area contributed by atoms with E-state index >= 15 is 0 Å². The molecule has 3 unspecified atom stereocenters. The number of alkyl carbamates (subject to hydrolysis) is 1. The maximum absolute atomic E-state index is 13.5. The quantitative estimate of drug-likeness (QED) is 0.0461. The molecule has 0 aliphatic carbocycles. The second-order valence-electron chi connectivity index (χ2n) is 15.9. The third-order valence-corrected chi connectivity index (χ3v) is 11.0. The molecule has 5 amide bonds. The average Bonchev–Trinajstić information content (AvgIpc) is 4.12. The molecule has 0 spiro atoms. The normalized spacial score (nSPS) is 14.3. The van der Waals surface area contributed by atoms with Gasteiger partial charge >= 0.3 is 12.1 Å². The van der Waals surface area contributed by atoms with Crippen LogP contribution in [0.15, 0.2) is 91.3 Å². The number of ether oxygens (including phenoxy) is 1. The molecule has 7 N–H and O–H groups in total. The van der Waals surface area contributed by atoms with Gasteiger partial charge in [0.15, 0.2) is 0 Å². The van der Waals surface area contributed by atoms with Crippen molar-refractivity contribution in [3.63, 3.8) is 0 Å². The maximum Gasteiger partial charge on any atom is 0.407 e. The first-order valence-electron chi connectivity index (χ1n) is 21.6. The van der Waals surface area contributed by atoms with E-state index in [1.807, 2.05) is 74.6 Å². The highest BCUT2D eigenvalue weighted by molar-refractivity contribution is 5.88. The van der Waals surface area contributed by atoms with Crippen LogP contribution in [0.3, 0.4) is 0 Å². The Morgan fingerprint density at radius 1 is 0.844 bits per heavy atom. The van der Waals surface area contributed by atoms with E-state index in [2.05, 4.69) is 47.7 Å². The van der Waals surface area contributed by atoms with Gasteiger partial charge in [0, 0.05) is 43.7 Å². The molecule has 1 aliphatic heterocycles. The lowest BCUT2D eigenvalue weighted by Gasteiger charge is -2.30. The van der Waals surface area contributed by atoms with E-state index in [1.54, 1.807) is 35.4 Å². The van der Waals surface area contributed by atoms with Gasteiger partial charge in [-0.3, -0.25) is 9.59 Å². The number of benzene rings is 3. The molecule has 336 valence electrons. The molecule has 3 atom stereocenters. The number of carbonyl (C=O) groups is 4. The summed E-state index contributed by atoms with van der Waals surface area (Å²) in [6.45, 7) is 4.32. The first-order chi connectivity index (χ1) is 31.1. The number of rotatable bonds is 18. The van der Waals surface area contributed by atoms with E-state index in [4.69, 9.17) is 4.74 Å². The lowest BCUT2D eigenvalue weighted by molar-refractivity contribution is -0.135. The van der Waals surface area contributed by atoms with Crippen LogP contribution in [0.5, 0.6) is 0 Å². The fraction of sp³-hybridized carbons (Fsp3) is 0.375. The number of amides is 5. The van der Waals surface area contributed by atoms with E-state index in [0.29, 0.717) is 37.3 Å². The Morgan fingerprint density at radius 2 is 1.47 bits per heavy atom. The number of nitrogens with zero attached hydrogens (tertiary/aromatic N) is 4. The third-order valence-electron chi connectivity index (χ3n) is 11.0. The number of H-pyrrole nitrogens is 2. The summed E-state index contributed by atoms with van der Waals surface area (Å²) in [6.07, 6.45) is 6.72. The summed E-state index contributed by atoms with van der Waals surface area (Å²) in [7, 11) is 1.28. The zero-order valence-electron chi connectivity index (χ0n) is 36.5. The second-order valence-corrected chi connectivity index (χ2v) is 15.9. The summed E-state index contributed by atoms with van der Waals surface area (Å²) >= 11 is 0. The minimum absolute atomic E-state index is 0.0352. The number of methoxy groups -OCH3 is 1. The van der Waals surface area contributed by atoms with Gasteiger partial charge in [0.2, 0.25) is 11.8 Å². The summed E-state index contributed by atoms with van der Waals surface area (Å²) in [6, 6.07) is 22.4. The second kappa shape index (κ2) is 22.9. The zero-order chi connectivity index (χ0) is 45.4. The standard InChI is InChI=1S/C48H57N9O7/c1-32(2)42(55-48(63)64-3)46(61)57-25-9-12-40(57)44-51-31-39(53-44)36-22-18-34(19-23-36)15-14-33-16-20-35(21-17-33)38-30-50-41(52-38)13-7-8-24-49-45(60)43(37-10-5-4-6-11-37)54-47(62)56(26-28-58)27-29-59/h4-6,10-11,16-23,30-32,40,42-43,58-59H,7-9,12-13,24-29H2,1-3H3,(H,49,60)(H,50,52)(H,51,53)(H,54,62)(H,55,63). The van der Waals surface area contributed by atoms with E-state index in [9.17, 15) is 29.4 Å². The summed E-state index contributed by atoms with van der Waals surface area (Å²) < 4.78 is 4.75.